The van der Waals surface area contributed by atoms with Crippen LogP contribution >= 0.6 is 0 Å². The van der Waals surface area contributed by atoms with Crippen LogP contribution in [0, 0.1) is 5.92 Å². The van der Waals surface area contributed by atoms with Crippen molar-refractivity contribution in [1.29, 1.82) is 0 Å². The van der Waals surface area contributed by atoms with Crippen LogP contribution in [-0.2, 0) is 9.59 Å². The van der Waals surface area contributed by atoms with Gasteiger partial charge in [-0.05, 0) is 25.0 Å². The van der Waals surface area contributed by atoms with Gasteiger partial charge in [0.15, 0.2) is 6.61 Å². The van der Waals surface area contributed by atoms with Gasteiger partial charge in [0.05, 0.1) is 12.2 Å². The monoisotopic (exact) mass is 385 g/mol. The number of nitrogens with one attached hydrogen (secondary N) is 1. The summed E-state index contributed by atoms with van der Waals surface area (Å²) in [4.78, 5) is 27.9. The third kappa shape index (κ3) is 5.51. The largest absolute Gasteiger partial charge is 0.482 e. The molecule has 27 heavy (non-hydrogen) atoms. The van der Waals surface area contributed by atoms with Crippen molar-refractivity contribution in [2.45, 2.75) is 19.0 Å². The Hall–Kier alpha value is -2.45. The molecule has 0 atom stereocenters. The fraction of sp³-hybridized carbons (Fsp3) is 0.556. The van der Waals surface area contributed by atoms with Gasteiger partial charge in [0.25, 0.3) is 0 Å². The first-order chi connectivity index (χ1) is 12.8. The van der Waals surface area contributed by atoms with E-state index in [0.717, 1.165) is 12.8 Å². The van der Waals surface area contributed by atoms with E-state index in [1.54, 1.807) is 28.0 Å². The summed E-state index contributed by atoms with van der Waals surface area (Å²) in [7, 11) is 0. The fourth-order valence-corrected chi connectivity index (χ4v) is 2.95. The number of halogens is 3. The number of amides is 2. The number of anilines is 1. The molecular formula is C18H22F3N3O3. The Morgan fingerprint density at radius 2 is 1.70 bits per heavy atom. The highest BCUT2D eigenvalue weighted by Gasteiger charge is 2.35. The average Bonchev–Trinajstić information content (AvgIpc) is 3.49. The highest BCUT2D eigenvalue weighted by molar-refractivity contribution is 5.83. The molecule has 1 aromatic carbocycles. The maximum Gasteiger partial charge on any atom is 0.422 e. The van der Waals surface area contributed by atoms with Crippen molar-refractivity contribution in [2.24, 2.45) is 5.92 Å². The van der Waals surface area contributed by atoms with Gasteiger partial charge in [0.2, 0.25) is 11.8 Å². The summed E-state index contributed by atoms with van der Waals surface area (Å²) in [5.74, 6) is 0.222. The summed E-state index contributed by atoms with van der Waals surface area (Å²) >= 11 is 0. The number of para-hydroxylation sites is 2. The summed E-state index contributed by atoms with van der Waals surface area (Å²) in [5.41, 5.74) is 0.331. The van der Waals surface area contributed by atoms with E-state index >= 15 is 0 Å². The number of carbonyl (C=O) groups is 2. The van der Waals surface area contributed by atoms with E-state index in [2.05, 4.69) is 5.32 Å². The SMILES string of the molecule is O=C(CNc1ccccc1OCC(F)(F)F)N1CCN(C(=O)C2CC2)CC1. The van der Waals surface area contributed by atoms with Crippen LogP contribution < -0.4 is 10.1 Å². The molecular weight excluding hydrogens is 363 g/mol. The minimum absolute atomic E-state index is 0.0440. The smallest absolute Gasteiger partial charge is 0.422 e. The molecule has 1 aromatic rings. The third-order valence-electron chi connectivity index (χ3n) is 4.58. The number of hydrogen-bond acceptors (Lipinski definition) is 4. The lowest BCUT2D eigenvalue weighted by molar-refractivity contribution is -0.153. The fourth-order valence-electron chi connectivity index (χ4n) is 2.95. The molecule has 1 aliphatic heterocycles. The molecule has 148 valence electrons. The lowest BCUT2D eigenvalue weighted by atomic mass is 10.2. The third-order valence-corrected chi connectivity index (χ3v) is 4.58. The summed E-state index contributed by atoms with van der Waals surface area (Å²) in [6, 6.07) is 6.19. The van der Waals surface area contributed by atoms with Gasteiger partial charge in [-0.1, -0.05) is 12.1 Å². The molecule has 2 aliphatic rings. The topological polar surface area (TPSA) is 61.9 Å². The highest BCUT2D eigenvalue weighted by atomic mass is 19.4. The van der Waals surface area contributed by atoms with Crippen LogP contribution in [0.3, 0.4) is 0 Å². The maximum absolute atomic E-state index is 12.4. The zero-order valence-corrected chi connectivity index (χ0v) is 14.8. The lowest BCUT2D eigenvalue weighted by Gasteiger charge is -2.35. The molecule has 1 N–H and O–H groups in total. The molecule has 1 saturated heterocycles. The van der Waals surface area contributed by atoms with Gasteiger partial charge >= 0.3 is 6.18 Å². The first-order valence-corrected chi connectivity index (χ1v) is 8.92. The van der Waals surface area contributed by atoms with E-state index in [-0.39, 0.29) is 30.0 Å². The summed E-state index contributed by atoms with van der Waals surface area (Å²) in [6.07, 6.45) is -2.52. The Balaban J connectivity index is 1.47. The normalized spacial score (nSPS) is 17.6. The number of benzene rings is 1. The number of rotatable bonds is 6. The van der Waals surface area contributed by atoms with E-state index in [1.807, 2.05) is 0 Å². The van der Waals surface area contributed by atoms with Crippen molar-refractivity contribution < 1.29 is 27.5 Å². The van der Waals surface area contributed by atoms with Crippen molar-refractivity contribution >= 4 is 17.5 Å². The molecule has 6 nitrogen and oxygen atoms in total. The number of ether oxygens (including phenoxy) is 1. The van der Waals surface area contributed by atoms with Crippen LogP contribution in [0.1, 0.15) is 12.8 Å². The van der Waals surface area contributed by atoms with Gasteiger partial charge in [0, 0.05) is 32.1 Å². The molecule has 0 spiro atoms. The number of piperazine rings is 1. The molecule has 1 aliphatic carbocycles. The van der Waals surface area contributed by atoms with E-state index in [1.165, 1.54) is 6.07 Å². The number of carbonyl (C=O) groups excluding carboxylic acids is 2. The minimum atomic E-state index is -4.43. The summed E-state index contributed by atoms with van der Waals surface area (Å²) < 4.78 is 41.8. The van der Waals surface area contributed by atoms with Crippen LogP contribution in [0.4, 0.5) is 18.9 Å². The Kier molecular flexibility index (Phi) is 5.76. The minimum Gasteiger partial charge on any atom is -0.482 e. The summed E-state index contributed by atoms with van der Waals surface area (Å²) in [6.45, 7) is 0.523. The standard InChI is InChI=1S/C18H22F3N3O3/c19-18(20,21)12-27-15-4-2-1-3-14(15)22-11-16(25)23-7-9-24(10-8-23)17(26)13-5-6-13/h1-4,13,22H,5-12H2. The van der Waals surface area contributed by atoms with E-state index in [9.17, 15) is 22.8 Å². The van der Waals surface area contributed by atoms with E-state index in [0.29, 0.717) is 31.9 Å². The predicted octanol–water partition coefficient (Wildman–Crippen LogP) is 2.12. The van der Waals surface area contributed by atoms with Gasteiger partial charge in [-0.2, -0.15) is 13.2 Å². The molecule has 2 fully saturated rings. The molecule has 0 unspecified atom stereocenters. The van der Waals surface area contributed by atoms with Crippen LogP contribution in [-0.4, -0.2) is 67.1 Å². The first kappa shape index (κ1) is 19.3. The van der Waals surface area contributed by atoms with Crippen molar-refractivity contribution in [1.82, 2.24) is 9.80 Å². The van der Waals surface area contributed by atoms with E-state index < -0.39 is 12.8 Å². The number of alkyl halides is 3. The zero-order valence-electron chi connectivity index (χ0n) is 14.8. The Bertz CT molecular complexity index is 684. The van der Waals surface area contributed by atoms with Crippen LogP contribution in [0.15, 0.2) is 24.3 Å². The van der Waals surface area contributed by atoms with Gasteiger partial charge in [-0.3, -0.25) is 9.59 Å². The molecule has 9 heteroatoms. The quantitative estimate of drug-likeness (QED) is 0.815. The molecule has 0 radical (unpaired) electrons. The number of hydrogen-bond donors (Lipinski definition) is 1. The second-order valence-electron chi connectivity index (χ2n) is 6.73. The Morgan fingerprint density at radius 1 is 1.07 bits per heavy atom. The maximum atomic E-state index is 12.4. The highest BCUT2D eigenvalue weighted by Crippen LogP contribution is 2.31. The van der Waals surface area contributed by atoms with Crippen molar-refractivity contribution in [3.05, 3.63) is 24.3 Å². The predicted molar refractivity (Wildman–Crippen MR) is 92.4 cm³/mol. The number of nitrogens with zero attached hydrogens (tertiary/aromatic N) is 2. The first-order valence-electron chi connectivity index (χ1n) is 8.92. The van der Waals surface area contributed by atoms with Crippen LogP contribution in [0.5, 0.6) is 5.75 Å². The zero-order chi connectivity index (χ0) is 19.4. The Labute approximate surface area is 155 Å². The Morgan fingerprint density at radius 3 is 2.33 bits per heavy atom. The average molecular weight is 385 g/mol. The molecule has 3 rings (SSSR count). The van der Waals surface area contributed by atoms with Crippen LogP contribution in [0.25, 0.3) is 0 Å². The van der Waals surface area contributed by atoms with Crippen LogP contribution in [0.2, 0.25) is 0 Å². The van der Waals surface area contributed by atoms with Crippen molar-refractivity contribution in [2.75, 3.05) is 44.6 Å². The van der Waals surface area contributed by atoms with Crippen molar-refractivity contribution in [3.63, 3.8) is 0 Å². The summed E-state index contributed by atoms with van der Waals surface area (Å²) in [5, 5.41) is 2.84. The van der Waals surface area contributed by atoms with Gasteiger partial charge in [0.1, 0.15) is 5.75 Å². The van der Waals surface area contributed by atoms with Crippen molar-refractivity contribution in [3.8, 4) is 5.75 Å². The molecule has 1 heterocycles. The second kappa shape index (κ2) is 8.06. The molecule has 1 saturated carbocycles. The van der Waals surface area contributed by atoms with Gasteiger partial charge < -0.3 is 19.9 Å². The molecule has 0 bridgehead atoms. The second-order valence-corrected chi connectivity index (χ2v) is 6.73. The van der Waals surface area contributed by atoms with E-state index in [4.69, 9.17) is 4.74 Å². The molecule has 2 amide bonds. The molecule has 0 aromatic heterocycles. The lowest BCUT2D eigenvalue weighted by Crippen LogP contribution is -2.52. The van der Waals surface area contributed by atoms with Gasteiger partial charge in [-0.15, -0.1) is 0 Å². The van der Waals surface area contributed by atoms with Gasteiger partial charge in [-0.25, -0.2) is 0 Å².